The maximum absolute atomic E-state index is 5.81. The Morgan fingerprint density at radius 3 is 3.00 bits per heavy atom. The summed E-state index contributed by atoms with van der Waals surface area (Å²) in [7, 11) is 0. The molecule has 0 aliphatic carbocycles. The molecule has 1 saturated heterocycles. The summed E-state index contributed by atoms with van der Waals surface area (Å²) in [5.41, 5.74) is 1.97. The monoisotopic (exact) mass is 263 g/mol. The van der Waals surface area contributed by atoms with E-state index in [4.69, 9.17) is 4.74 Å². The highest BCUT2D eigenvalue weighted by Crippen LogP contribution is 2.44. The van der Waals surface area contributed by atoms with Gasteiger partial charge < -0.3 is 10.1 Å². The number of fused-ring (bicyclic) bond motifs is 1. The zero-order valence-electron chi connectivity index (χ0n) is 11.2. The zero-order chi connectivity index (χ0) is 12.6. The molecule has 1 N–H and O–H groups in total. The second-order valence-electron chi connectivity index (χ2n) is 5.83. The van der Waals surface area contributed by atoms with Crippen molar-refractivity contribution in [2.45, 2.75) is 37.7 Å². The van der Waals surface area contributed by atoms with Gasteiger partial charge in [-0.3, -0.25) is 0 Å². The van der Waals surface area contributed by atoms with Gasteiger partial charge in [0.05, 0.1) is 6.10 Å². The van der Waals surface area contributed by atoms with E-state index in [0.717, 1.165) is 5.75 Å². The van der Waals surface area contributed by atoms with Gasteiger partial charge in [-0.1, -0.05) is 0 Å². The number of benzene rings is 1. The Morgan fingerprint density at radius 2 is 2.28 bits per heavy atom. The topological polar surface area (TPSA) is 21.3 Å². The minimum absolute atomic E-state index is 0.251. The van der Waals surface area contributed by atoms with Crippen LogP contribution in [-0.2, 0) is 6.42 Å². The first-order chi connectivity index (χ1) is 8.67. The molecule has 2 nitrogen and oxygen atoms in total. The van der Waals surface area contributed by atoms with Gasteiger partial charge in [0.1, 0.15) is 5.75 Å². The van der Waals surface area contributed by atoms with Gasteiger partial charge in [-0.25, -0.2) is 0 Å². The predicted octanol–water partition coefficient (Wildman–Crippen LogP) is 3.10. The molecule has 1 unspecified atom stereocenters. The van der Waals surface area contributed by atoms with Crippen molar-refractivity contribution in [3.63, 3.8) is 0 Å². The third kappa shape index (κ3) is 2.39. The van der Waals surface area contributed by atoms with E-state index in [1.165, 1.54) is 42.1 Å². The summed E-state index contributed by atoms with van der Waals surface area (Å²) in [5.74, 6) is 2.28. The molecular weight excluding hydrogens is 242 g/mol. The molecule has 0 bridgehead atoms. The molecule has 1 fully saturated rings. The van der Waals surface area contributed by atoms with Gasteiger partial charge in [-0.2, -0.15) is 0 Å². The molecule has 2 aliphatic rings. The van der Waals surface area contributed by atoms with E-state index in [1.54, 1.807) is 0 Å². The minimum Gasteiger partial charge on any atom is -0.491 e. The van der Waals surface area contributed by atoms with Crippen molar-refractivity contribution in [1.82, 2.24) is 5.32 Å². The van der Waals surface area contributed by atoms with Crippen LogP contribution in [-0.4, -0.2) is 24.9 Å². The number of hydrogen-bond donors (Lipinski definition) is 1. The Morgan fingerprint density at radius 1 is 1.39 bits per heavy atom. The molecule has 0 saturated carbocycles. The van der Waals surface area contributed by atoms with Crippen molar-refractivity contribution in [1.29, 1.82) is 0 Å². The Bertz CT molecular complexity index is 438. The first-order valence-corrected chi connectivity index (χ1v) is 7.79. The number of thioether (sulfide) groups is 1. The largest absolute Gasteiger partial charge is 0.491 e. The van der Waals surface area contributed by atoms with Gasteiger partial charge in [0.2, 0.25) is 0 Å². The maximum atomic E-state index is 5.81. The van der Waals surface area contributed by atoms with E-state index in [0.29, 0.717) is 5.41 Å². The summed E-state index contributed by atoms with van der Waals surface area (Å²) in [6, 6.07) is 6.59. The maximum Gasteiger partial charge on any atom is 0.120 e. The standard InChI is InChI=1S/C15H21NOS/c1-11(2)17-13-3-4-14-12(7-13)8-15(10-18-14)5-6-16-9-15/h3-4,7,11,16H,5-6,8-10H2,1-2H3. The molecule has 0 radical (unpaired) electrons. The van der Waals surface area contributed by atoms with Crippen LogP contribution in [0.2, 0.25) is 0 Å². The quantitative estimate of drug-likeness (QED) is 0.886. The van der Waals surface area contributed by atoms with Crippen molar-refractivity contribution in [2.75, 3.05) is 18.8 Å². The van der Waals surface area contributed by atoms with Crippen LogP contribution in [0, 0.1) is 5.41 Å². The normalized spacial score (nSPS) is 26.6. The molecule has 3 rings (SSSR count). The fourth-order valence-electron chi connectivity index (χ4n) is 2.94. The second-order valence-corrected chi connectivity index (χ2v) is 6.85. The molecule has 2 heterocycles. The summed E-state index contributed by atoms with van der Waals surface area (Å²) >= 11 is 2.02. The average Bonchev–Trinajstić information content (AvgIpc) is 2.76. The highest BCUT2D eigenvalue weighted by Gasteiger charge is 2.37. The van der Waals surface area contributed by atoms with E-state index in [1.807, 2.05) is 11.8 Å². The molecule has 1 atom stereocenters. The lowest BCUT2D eigenvalue weighted by Gasteiger charge is -2.33. The van der Waals surface area contributed by atoms with Crippen LogP contribution in [0.25, 0.3) is 0 Å². The molecule has 2 aliphatic heterocycles. The van der Waals surface area contributed by atoms with Gasteiger partial charge in [0.15, 0.2) is 0 Å². The number of rotatable bonds is 2. The number of nitrogens with one attached hydrogen (secondary N) is 1. The Balaban J connectivity index is 1.84. The molecule has 1 aromatic rings. The molecule has 3 heteroatoms. The number of ether oxygens (including phenoxy) is 1. The lowest BCUT2D eigenvalue weighted by Crippen LogP contribution is -2.32. The molecule has 1 spiro atoms. The third-order valence-electron chi connectivity index (χ3n) is 3.84. The van der Waals surface area contributed by atoms with E-state index in [9.17, 15) is 0 Å². The molecule has 0 amide bonds. The summed E-state index contributed by atoms with van der Waals surface area (Å²) in [6.45, 7) is 6.51. The zero-order valence-corrected chi connectivity index (χ0v) is 12.0. The Hall–Kier alpha value is -0.670. The van der Waals surface area contributed by atoms with Crippen LogP contribution in [0.15, 0.2) is 23.1 Å². The van der Waals surface area contributed by atoms with E-state index >= 15 is 0 Å². The molecule has 98 valence electrons. The first kappa shape index (κ1) is 12.4. The SMILES string of the molecule is CC(C)Oc1ccc2c(c1)CC1(CCNC1)CS2. The summed E-state index contributed by atoms with van der Waals surface area (Å²) in [4.78, 5) is 1.45. The highest BCUT2D eigenvalue weighted by molar-refractivity contribution is 7.99. The summed E-state index contributed by atoms with van der Waals surface area (Å²) in [5, 5.41) is 3.52. The van der Waals surface area contributed by atoms with Gasteiger partial charge in [0, 0.05) is 17.2 Å². The van der Waals surface area contributed by atoms with Gasteiger partial charge in [-0.15, -0.1) is 11.8 Å². The highest BCUT2D eigenvalue weighted by atomic mass is 32.2. The molecule has 0 aromatic heterocycles. The smallest absolute Gasteiger partial charge is 0.120 e. The van der Waals surface area contributed by atoms with E-state index in [-0.39, 0.29) is 6.10 Å². The van der Waals surface area contributed by atoms with Crippen molar-refractivity contribution >= 4 is 11.8 Å². The van der Waals surface area contributed by atoms with Crippen molar-refractivity contribution < 1.29 is 4.74 Å². The van der Waals surface area contributed by atoms with Crippen LogP contribution < -0.4 is 10.1 Å². The Labute approximate surface area is 113 Å². The second kappa shape index (κ2) is 4.78. The summed E-state index contributed by atoms with van der Waals surface area (Å²) in [6.07, 6.45) is 2.77. The lowest BCUT2D eigenvalue weighted by atomic mass is 9.82. The summed E-state index contributed by atoms with van der Waals surface area (Å²) < 4.78 is 5.81. The fraction of sp³-hybridized carbons (Fsp3) is 0.600. The fourth-order valence-corrected chi connectivity index (χ4v) is 4.23. The molecule has 1 aromatic carbocycles. The number of hydrogen-bond acceptors (Lipinski definition) is 3. The lowest BCUT2D eigenvalue weighted by molar-refractivity contribution is 0.241. The first-order valence-electron chi connectivity index (χ1n) is 6.80. The van der Waals surface area contributed by atoms with Crippen LogP contribution >= 0.6 is 11.8 Å². The van der Waals surface area contributed by atoms with Gasteiger partial charge >= 0.3 is 0 Å². The van der Waals surface area contributed by atoms with Crippen LogP contribution in [0.1, 0.15) is 25.8 Å². The molecule has 18 heavy (non-hydrogen) atoms. The van der Waals surface area contributed by atoms with Crippen LogP contribution in [0.3, 0.4) is 0 Å². The van der Waals surface area contributed by atoms with Crippen molar-refractivity contribution in [3.8, 4) is 5.75 Å². The minimum atomic E-state index is 0.251. The van der Waals surface area contributed by atoms with Gasteiger partial charge in [0.25, 0.3) is 0 Å². The van der Waals surface area contributed by atoms with Crippen molar-refractivity contribution in [2.24, 2.45) is 5.41 Å². The van der Waals surface area contributed by atoms with Crippen LogP contribution in [0.5, 0.6) is 5.75 Å². The van der Waals surface area contributed by atoms with Crippen LogP contribution in [0.4, 0.5) is 0 Å². The van der Waals surface area contributed by atoms with E-state index in [2.05, 4.69) is 37.4 Å². The third-order valence-corrected chi connectivity index (χ3v) is 5.30. The van der Waals surface area contributed by atoms with Crippen molar-refractivity contribution in [3.05, 3.63) is 23.8 Å². The Kier molecular flexibility index (Phi) is 3.29. The van der Waals surface area contributed by atoms with E-state index < -0.39 is 0 Å². The van der Waals surface area contributed by atoms with Gasteiger partial charge in [-0.05, 0) is 62.4 Å². The average molecular weight is 263 g/mol. The molecular formula is C15H21NOS. The predicted molar refractivity (Wildman–Crippen MR) is 76.6 cm³/mol.